The molecule has 0 fully saturated rings. The summed E-state index contributed by atoms with van der Waals surface area (Å²) in [5, 5.41) is 3.05. The standard InChI is InChI=1S/C22H26FNO4/c1-14(2)21(16-5-10-19-20(13-16)27-12-4-11-26-19)24-22(25)15(3)28-18-8-6-17(23)7-9-18/h5-10,13-15,21H,4,11-12H2,1-3H3,(H,24,25)/t15-,21+/m1/s1. The van der Waals surface area contributed by atoms with Gasteiger partial charge in [-0.15, -0.1) is 0 Å². The van der Waals surface area contributed by atoms with E-state index in [9.17, 15) is 9.18 Å². The Kier molecular flexibility index (Phi) is 6.39. The van der Waals surface area contributed by atoms with Crippen LogP contribution in [-0.2, 0) is 4.79 Å². The third-order valence-corrected chi connectivity index (χ3v) is 4.59. The maximum absolute atomic E-state index is 13.0. The topological polar surface area (TPSA) is 56.8 Å². The van der Waals surface area contributed by atoms with Crippen molar-refractivity contribution < 1.29 is 23.4 Å². The maximum Gasteiger partial charge on any atom is 0.261 e. The summed E-state index contributed by atoms with van der Waals surface area (Å²) >= 11 is 0. The van der Waals surface area contributed by atoms with E-state index in [4.69, 9.17) is 14.2 Å². The van der Waals surface area contributed by atoms with Crippen LogP contribution in [0.15, 0.2) is 42.5 Å². The van der Waals surface area contributed by atoms with Crippen LogP contribution in [0.1, 0.15) is 38.8 Å². The van der Waals surface area contributed by atoms with Gasteiger partial charge in [0, 0.05) is 6.42 Å². The van der Waals surface area contributed by atoms with Crippen LogP contribution in [0.3, 0.4) is 0 Å². The van der Waals surface area contributed by atoms with Crippen molar-refractivity contribution in [3.8, 4) is 17.2 Å². The Morgan fingerprint density at radius 3 is 2.39 bits per heavy atom. The summed E-state index contributed by atoms with van der Waals surface area (Å²) in [5.74, 6) is 1.44. The molecule has 0 saturated heterocycles. The molecule has 5 nitrogen and oxygen atoms in total. The molecule has 0 saturated carbocycles. The van der Waals surface area contributed by atoms with Crippen molar-refractivity contribution in [2.75, 3.05) is 13.2 Å². The normalized spacial score (nSPS) is 15.5. The van der Waals surface area contributed by atoms with Crippen LogP contribution < -0.4 is 19.5 Å². The summed E-state index contributed by atoms with van der Waals surface area (Å²) in [6.45, 7) is 7.00. The van der Waals surface area contributed by atoms with Gasteiger partial charge in [-0.3, -0.25) is 4.79 Å². The summed E-state index contributed by atoms with van der Waals surface area (Å²) in [5.41, 5.74) is 0.946. The molecule has 1 aliphatic rings. The third kappa shape index (κ3) is 4.94. The smallest absolute Gasteiger partial charge is 0.261 e. The fraction of sp³-hybridized carbons (Fsp3) is 0.409. The van der Waals surface area contributed by atoms with Gasteiger partial charge in [0.15, 0.2) is 17.6 Å². The number of hydrogen-bond acceptors (Lipinski definition) is 4. The van der Waals surface area contributed by atoms with Crippen LogP contribution in [0.25, 0.3) is 0 Å². The lowest BCUT2D eigenvalue weighted by molar-refractivity contribution is -0.128. The fourth-order valence-corrected chi connectivity index (χ4v) is 3.05. The van der Waals surface area contributed by atoms with E-state index in [-0.39, 0.29) is 23.7 Å². The monoisotopic (exact) mass is 387 g/mol. The third-order valence-electron chi connectivity index (χ3n) is 4.59. The first kappa shape index (κ1) is 20.0. The number of carbonyl (C=O) groups excluding carboxylic acids is 1. The molecule has 0 unspecified atom stereocenters. The van der Waals surface area contributed by atoms with Gasteiger partial charge in [0.2, 0.25) is 0 Å². The molecule has 2 aromatic rings. The van der Waals surface area contributed by atoms with Crippen LogP contribution in [-0.4, -0.2) is 25.2 Å². The highest BCUT2D eigenvalue weighted by molar-refractivity contribution is 5.81. The second kappa shape index (κ2) is 8.95. The average Bonchev–Trinajstić information content (AvgIpc) is 2.92. The first-order valence-corrected chi connectivity index (χ1v) is 9.56. The van der Waals surface area contributed by atoms with Crippen LogP contribution in [0, 0.1) is 11.7 Å². The van der Waals surface area contributed by atoms with Crippen LogP contribution in [0.2, 0.25) is 0 Å². The Hall–Kier alpha value is -2.76. The number of ether oxygens (including phenoxy) is 3. The van der Waals surface area contributed by atoms with Gasteiger partial charge in [0.05, 0.1) is 19.3 Å². The predicted octanol–water partition coefficient (Wildman–Crippen LogP) is 4.27. The zero-order valence-corrected chi connectivity index (χ0v) is 16.4. The molecule has 0 radical (unpaired) electrons. The summed E-state index contributed by atoms with van der Waals surface area (Å²) in [4.78, 5) is 12.7. The highest BCUT2D eigenvalue weighted by atomic mass is 19.1. The molecular weight excluding hydrogens is 361 g/mol. The zero-order chi connectivity index (χ0) is 20.1. The molecule has 1 N–H and O–H groups in total. The number of rotatable bonds is 6. The molecule has 0 aromatic heterocycles. The van der Waals surface area contributed by atoms with Crippen molar-refractivity contribution in [2.24, 2.45) is 5.92 Å². The minimum absolute atomic E-state index is 0.159. The first-order chi connectivity index (χ1) is 13.4. The summed E-state index contributed by atoms with van der Waals surface area (Å²) < 4.78 is 30.1. The Morgan fingerprint density at radius 2 is 1.71 bits per heavy atom. The number of hydrogen-bond donors (Lipinski definition) is 1. The van der Waals surface area contributed by atoms with E-state index in [0.717, 1.165) is 17.7 Å². The van der Waals surface area contributed by atoms with E-state index in [2.05, 4.69) is 5.32 Å². The molecule has 1 amide bonds. The van der Waals surface area contributed by atoms with Gasteiger partial charge in [-0.05, 0) is 54.8 Å². The van der Waals surface area contributed by atoms with Crippen LogP contribution in [0.4, 0.5) is 4.39 Å². The lowest BCUT2D eigenvalue weighted by atomic mass is 9.95. The second-order valence-electron chi connectivity index (χ2n) is 7.20. The predicted molar refractivity (Wildman–Crippen MR) is 104 cm³/mol. The molecule has 150 valence electrons. The van der Waals surface area contributed by atoms with Crippen molar-refractivity contribution in [2.45, 2.75) is 39.3 Å². The minimum Gasteiger partial charge on any atom is -0.490 e. The molecule has 0 spiro atoms. The van der Waals surface area contributed by atoms with E-state index in [1.807, 2.05) is 32.0 Å². The number of halogens is 1. The van der Waals surface area contributed by atoms with E-state index in [1.165, 1.54) is 24.3 Å². The molecule has 2 aromatic carbocycles. The molecule has 2 atom stereocenters. The highest BCUT2D eigenvalue weighted by Crippen LogP contribution is 2.34. The van der Waals surface area contributed by atoms with Gasteiger partial charge in [-0.2, -0.15) is 0 Å². The molecule has 1 heterocycles. The molecule has 1 aliphatic heterocycles. The van der Waals surface area contributed by atoms with Gasteiger partial charge in [-0.1, -0.05) is 19.9 Å². The zero-order valence-electron chi connectivity index (χ0n) is 16.4. The highest BCUT2D eigenvalue weighted by Gasteiger charge is 2.24. The van der Waals surface area contributed by atoms with Gasteiger partial charge in [-0.25, -0.2) is 4.39 Å². The van der Waals surface area contributed by atoms with Gasteiger partial charge < -0.3 is 19.5 Å². The summed E-state index contributed by atoms with van der Waals surface area (Å²) in [7, 11) is 0. The SMILES string of the molecule is CC(C)[C@H](NC(=O)[C@@H](C)Oc1ccc(F)cc1)c1ccc2c(c1)OCCCO2. The maximum atomic E-state index is 13.0. The first-order valence-electron chi connectivity index (χ1n) is 9.56. The Balaban J connectivity index is 1.71. The molecule has 0 aliphatic carbocycles. The van der Waals surface area contributed by atoms with E-state index in [0.29, 0.717) is 24.7 Å². The number of fused-ring (bicyclic) bond motifs is 1. The van der Waals surface area contributed by atoms with Crippen LogP contribution in [0.5, 0.6) is 17.2 Å². The van der Waals surface area contributed by atoms with Crippen molar-refractivity contribution in [3.63, 3.8) is 0 Å². The second-order valence-corrected chi connectivity index (χ2v) is 7.20. The lowest BCUT2D eigenvalue weighted by Gasteiger charge is -2.25. The molecular formula is C22H26FNO4. The molecule has 6 heteroatoms. The number of nitrogens with one attached hydrogen (secondary N) is 1. The molecule has 0 bridgehead atoms. The van der Waals surface area contributed by atoms with Crippen molar-refractivity contribution >= 4 is 5.91 Å². The Labute approximate surface area is 164 Å². The lowest BCUT2D eigenvalue weighted by Crippen LogP contribution is -2.40. The summed E-state index contributed by atoms with van der Waals surface area (Å²) in [6, 6.07) is 11.2. The molecule has 3 rings (SSSR count). The fourth-order valence-electron chi connectivity index (χ4n) is 3.05. The van der Waals surface area contributed by atoms with Gasteiger partial charge >= 0.3 is 0 Å². The Bertz CT molecular complexity index is 807. The van der Waals surface area contributed by atoms with Crippen molar-refractivity contribution in [1.82, 2.24) is 5.32 Å². The number of carbonyl (C=O) groups is 1. The minimum atomic E-state index is -0.716. The summed E-state index contributed by atoms with van der Waals surface area (Å²) in [6.07, 6.45) is 0.124. The molecule has 28 heavy (non-hydrogen) atoms. The van der Waals surface area contributed by atoms with Crippen LogP contribution >= 0.6 is 0 Å². The largest absolute Gasteiger partial charge is 0.490 e. The van der Waals surface area contributed by atoms with E-state index >= 15 is 0 Å². The van der Waals surface area contributed by atoms with Gasteiger partial charge in [0.1, 0.15) is 11.6 Å². The number of amides is 1. The van der Waals surface area contributed by atoms with Crippen molar-refractivity contribution in [1.29, 1.82) is 0 Å². The quantitative estimate of drug-likeness (QED) is 0.804. The number of benzene rings is 2. The Morgan fingerprint density at radius 1 is 1.04 bits per heavy atom. The van der Waals surface area contributed by atoms with Crippen molar-refractivity contribution in [3.05, 3.63) is 53.8 Å². The average molecular weight is 387 g/mol. The van der Waals surface area contributed by atoms with E-state index < -0.39 is 6.10 Å². The van der Waals surface area contributed by atoms with Gasteiger partial charge in [0.25, 0.3) is 5.91 Å². The van der Waals surface area contributed by atoms with E-state index in [1.54, 1.807) is 6.92 Å².